The Morgan fingerprint density at radius 1 is 1.16 bits per heavy atom. The molecule has 1 aliphatic carbocycles. The zero-order valence-electron chi connectivity index (χ0n) is 25.4. The van der Waals surface area contributed by atoms with Gasteiger partial charge in [-0.2, -0.15) is 10.4 Å². The molecule has 1 N–H and O–H groups in total. The minimum atomic E-state index is -0.954. The molecule has 2 bridgehead atoms. The van der Waals surface area contributed by atoms with Crippen molar-refractivity contribution < 1.29 is 23.5 Å². The van der Waals surface area contributed by atoms with Crippen molar-refractivity contribution in [3.05, 3.63) is 42.0 Å². The third kappa shape index (κ3) is 7.00. The van der Waals surface area contributed by atoms with Crippen molar-refractivity contribution in [2.75, 3.05) is 13.1 Å². The lowest BCUT2D eigenvalue weighted by Crippen LogP contribution is -2.55. The van der Waals surface area contributed by atoms with Gasteiger partial charge in [-0.25, -0.2) is 9.18 Å². The summed E-state index contributed by atoms with van der Waals surface area (Å²) in [4.78, 5) is 41.3. The van der Waals surface area contributed by atoms with Crippen molar-refractivity contribution in [2.24, 2.45) is 11.8 Å². The van der Waals surface area contributed by atoms with E-state index >= 15 is 4.39 Å². The number of aromatic nitrogens is 2. The number of hydrogen-bond acceptors (Lipinski definition) is 6. The van der Waals surface area contributed by atoms with Crippen LogP contribution in [-0.4, -0.2) is 74.3 Å². The summed E-state index contributed by atoms with van der Waals surface area (Å²) in [6.07, 6.45) is 7.35. The van der Waals surface area contributed by atoms with Crippen molar-refractivity contribution in [1.29, 1.82) is 5.26 Å². The number of hydrogen-bond donors (Lipinski definition) is 1. The Bertz CT molecular complexity index is 1400. The van der Waals surface area contributed by atoms with E-state index in [-0.39, 0.29) is 24.3 Å². The van der Waals surface area contributed by atoms with E-state index < -0.39 is 35.5 Å². The predicted octanol–water partition coefficient (Wildman–Crippen LogP) is 4.29. The molecule has 3 aliphatic rings. The Kier molecular flexibility index (Phi) is 8.76. The SMILES string of the molecule is CC(=O)N1CCC(Cn2cc(-c3ccc(C[C@@H](C#N)NC(=O)[C@@H]4[C@H]5CC[C@H](C5)N4C(=O)OC(C)(C)C)c(F)c3)cn2)CC1. The Labute approximate surface area is 252 Å². The Morgan fingerprint density at radius 3 is 2.56 bits per heavy atom. The van der Waals surface area contributed by atoms with Crippen molar-refractivity contribution in [3.63, 3.8) is 0 Å². The van der Waals surface area contributed by atoms with Gasteiger partial charge in [-0.1, -0.05) is 12.1 Å². The summed E-state index contributed by atoms with van der Waals surface area (Å²) in [6.45, 7) is 9.21. The van der Waals surface area contributed by atoms with Gasteiger partial charge in [0.2, 0.25) is 11.8 Å². The lowest BCUT2D eigenvalue weighted by atomic mass is 9.96. The maximum absolute atomic E-state index is 15.2. The molecule has 5 rings (SSSR count). The topological polar surface area (TPSA) is 121 Å². The molecule has 2 aromatic rings. The molecule has 230 valence electrons. The van der Waals surface area contributed by atoms with Gasteiger partial charge >= 0.3 is 6.09 Å². The zero-order chi connectivity index (χ0) is 30.9. The molecule has 1 saturated carbocycles. The van der Waals surface area contributed by atoms with Crippen molar-refractivity contribution >= 4 is 17.9 Å². The molecule has 3 fully saturated rings. The number of amides is 3. The van der Waals surface area contributed by atoms with Crippen LogP contribution in [0.5, 0.6) is 0 Å². The highest BCUT2D eigenvalue weighted by Crippen LogP contribution is 2.43. The van der Waals surface area contributed by atoms with Crippen LogP contribution in [0.15, 0.2) is 30.6 Å². The summed E-state index contributed by atoms with van der Waals surface area (Å²) < 4.78 is 22.7. The number of ether oxygens (including phenoxy) is 1. The van der Waals surface area contributed by atoms with Crippen LogP contribution in [0, 0.1) is 29.0 Å². The second-order valence-electron chi connectivity index (χ2n) is 13.2. The van der Waals surface area contributed by atoms with Gasteiger partial charge in [-0.05, 0) is 81.9 Å². The number of nitrogens with one attached hydrogen (secondary N) is 1. The number of nitrogens with zero attached hydrogens (tertiary/aromatic N) is 5. The first-order valence-corrected chi connectivity index (χ1v) is 15.2. The van der Waals surface area contributed by atoms with Crippen LogP contribution in [-0.2, 0) is 27.3 Å². The molecule has 1 aromatic heterocycles. The van der Waals surface area contributed by atoms with E-state index in [1.165, 1.54) is 11.0 Å². The van der Waals surface area contributed by atoms with E-state index in [0.29, 0.717) is 17.0 Å². The minimum Gasteiger partial charge on any atom is -0.444 e. The third-order valence-electron chi connectivity index (χ3n) is 8.88. The molecule has 0 radical (unpaired) electrons. The number of likely N-dealkylation sites (tertiary alicyclic amines) is 2. The summed E-state index contributed by atoms with van der Waals surface area (Å²) in [5.41, 5.74) is 1.09. The van der Waals surface area contributed by atoms with Crippen molar-refractivity contribution in [2.45, 2.75) is 96.5 Å². The molecule has 1 aromatic carbocycles. The first-order valence-electron chi connectivity index (χ1n) is 15.2. The summed E-state index contributed by atoms with van der Waals surface area (Å²) in [6, 6.07) is 5.25. The number of rotatable bonds is 7. The lowest BCUT2D eigenvalue weighted by Gasteiger charge is -2.35. The van der Waals surface area contributed by atoms with Gasteiger partial charge in [0.15, 0.2) is 0 Å². The van der Waals surface area contributed by atoms with Gasteiger partial charge < -0.3 is 15.0 Å². The normalized spacial score (nSPS) is 22.7. The van der Waals surface area contributed by atoms with Crippen molar-refractivity contribution in [3.8, 4) is 17.2 Å². The smallest absolute Gasteiger partial charge is 0.411 e. The van der Waals surface area contributed by atoms with Gasteiger partial charge in [-0.15, -0.1) is 0 Å². The summed E-state index contributed by atoms with van der Waals surface area (Å²) in [5.74, 6) is -0.315. The number of carbonyl (C=O) groups is 3. The fourth-order valence-corrected chi connectivity index (χ4v) is 6.71. The minimum absolute atomic E-state index is 0.000170. The molecule has 2 aliphatic heterocycles. The van der Waals surface area contributed by atoms with Crippen LogP contribution < -0.4 is 5.32 Å². The molecule has 3 heterocycles. The van der Waals surface area contributed by atoms with Gasteiger partial charge in [0.1, 0.15) is 23.5 Å². The fraction of sp³-hybridized carbons (Fsp3) is 0.594. The molecule has 3 amide bonds. The first kappa shape index (κ1) is 30.5. The van der Waals surface area contributed by atoms with E-state index in [9.17, 15) is 19.6 Å². The average Bonchev–Trinajstić information content (AvgIpc) is 3.70. The monoisotopic (exact) mass is 592 g/mol. The third-order valence-corrected chi connectivity index (χ3v) is 8.88. The van der Waals surface area contributed by atoms with Gasteiger partial charge in [0.25, 0.3) is 0 Å². The maximum Gasteiger partial charge on any atom is 0.411 e. The van der Waals surface area contributed by atoms with Crippen LogP contribution in [0.25, 0.3) is 11.1 Å². The molecule has 0 unspecified atom stereocenters. The zero-order valence-corrected chi connectivity index (χ0v) is 25.4. The van der Waals surface area contributed by atoms with E-state index in [2.05, 4.69) is 16.5 Å². The second-order valence-corrected chi connectivity index (χ2v) is 13.2. The number of benzene rings is 1. The molecule has 2 saturated heterocycles. The van der Waals surface area contributed by atoms with Crippen LogP contribution in [0.3, 0.4) is 0 Å². The van der Waals surface area contributed by atoms with Gasteiger partial charge in [0.05, 0.1) is 12.3 Å². The number of piperidine rings is 2. The Balaban J connectivity index is 1.19. The Morgan fingerprint density at radius 2 is 1.91 bits per heavy atom. The number of carbonyl (C=O) groups excluding carboxylic acids is 3. The second kappa shape index (κ2) is 12.3. The quantitative estimate of drug-likeness (QED) is 0.512. The highest BCUT2D eigenvalue weighted by Gasteiger charge is 2.52. The van der Waals surface area contributed by atoms with E-state index in [4.69, 9.17) is 4.74 Å². The summed E-state index contributed by atoms with van der Waals surface area (Å²) >= 11 is 0. The first-order chi connectivity index (χ1) is 20.4. The summed E-state index contributed by atoms with van der Waals surface area (Å²) in [5, 5.41) is 17.0. The molecular formula is C32H41FN6O4. The number of fused-ring (bicyclic) bond motifs is 2. The Hall–Kier alpha value is -3.94. The molecule has 4 atom stereocenters. The van der Waals surface area contributed by atoms with E-state index in [1.807, 2.05) is 15.8 Å². The molecule has 10 nitrogen and oxygen atoms in total. The van der Waals surface area contributed by atoms with Crippen LogP contribution in [0.2, 0.25) is 0 Å². The van der Waals surface area contributed by atoms with E-state index in [1.54, 1.807) is 46.0 Å². The van der Waals surface area contributed by atoms with Crippen LogP contribution in [0.1, 0.15) is 65.4 Å². The summed E-state index contributed by atoms with van der Waals surface area (Å²) in [7, 11) is 0. The largest absolute Gasteiger partial charge is 0.444 e. The standard InChI is InChI=1S/C32H41FN6O4/c1-20(40)37-11-9-21(10-12-37)18-38-19-25(17-35-38)22-5-6-23(28(33)15-22)13-26(16-34)36-30(41)29-24-7-8-27(14-24)39(29)31(42)43-32(2,3)4/h5-6,15,17,19,21,24,26-27,29H,7-14,18H2,1-4H3,(H,36,41)/t24-,26-,27+,29-/m0/s1. The van der Waals surface area contributed by atoms with E-state index in [0.717, 1.165) is 57.3 Å². The number of nitriles is 1. The van der Waals surface area contributed by atoms with Crippen LogP contribution in [0.4, 0.5) is 9.18 Å². The lowest BCUT2D eigenvalue weighted by molar-refractivity contribution is -0.130. The highest BCUT2D eigenvalue weighted by molar-refractivity contribution is 5.87. The predicted molar refractivity (Wildman–Crippen MR) is 157 cm³/mol. The van der Waals surface area contributed by atoms with Gasteiger partial charge in [0, 0.05) is 50.8 Å². The number of halogens is 1. The maximum atomic E-state index is 15.2. The highest BCUT2D eigenvalue weighted by atomic mass is 19.1. The van der Waals surface area contributed by atoms with Crippen molar-refractivity contribution in [1.82, 2.24) is 24.9 Å². The fourth-order valence-electron chi connectivity index (χ4n) is 6.71. The molecule has 0 spiro atoms. The van der Waals surface area contributed by atoms with Gasteiger partial charge in [-0.3, -0.25) is 19.2 Å². The molecular weight excluding hydrogens is 551 g/mol. The van der Waals surface area contributed by atoms with Crippen LogP contribution >= 0.6 is 0 Å². The molecule has 43 heavy (non-hydrogen) atoms. The average molecular weight is 593 g/mol. The molecule has 11 heteroatoms.